The largest absolute Gasteiger partial charge is 0.374 e. The molecule has 2 saturated heterocycles. The van der Waals surface area contributed by atoms with E-state index >= 15 is 0 Å². The lowest BCUT2D eigenvalue weighted by Gasteiger charge is -2.40. The average molecular weight is 275 g/mol. The van der Waals surface area contributed by atoms with Gasteiger partial charge in [0.25, 0.3) is 0 Å². The molecule has 0 saturated carbocycles. The third kappa shape index (κ3) is 3.79. The molecule has 0 aromatic heterocycles. The van der Waals surface area contributed by atoms with Crippen LogP contribution in [0.4, 0.5) is 0 Å². The molecule has 2 heterocycles. The Morgan fingerprint density at radius 1 is 1.59 bits per heavy atom. The Bertz CT molecular complexity index is 231. The number of thioether (sulfide) groups is 2. The molecule has 2 rings (SSSR count). The van der Waals surface area contributed by atoms with E-state index in [1.54, 1.807) is 0 Å². The smallest absolute Gasteiger partial charge is 0.0783 e. The first-order valence-corrected chi connectivity index (χ1v) is 9.12. The van der Waals surface area contributed by atoms with Gasteiger partial charge in [-0.05, 0) is 43.1 Å². The Morgan fingerprint density at radius 2 is 2.47 bits per heavy atom. The molecule has 100 valence electrons. The van der Waals surface area contributed by atoms with Gasteiger partial charge in [-0.2, -0.15) is 23.5 Å². The van der Waals surface area contributed by atoms with Crippen molar-refractivity contribution in [2.45, 2.75) is 44.2 Å². The average Bonchev–Trinajstić information content (AvgIpc) is 2.77. The monoisotopic (exact) mass is 275 g/mol. The van der Waals surface area contributed by atoms with E-state index < -0.39 is 0 Å². The van der Waals surface area contributed by atoms with Crippen molar-refractivity contribution in [2.75, 3.05) is 29.6 Å². The molecule has 4 heteroatoms. The van der Waals surface area contributed by atoms with Crippen molar-refractivity contribution in [2.24, 2.45) is 11.7 Å². The van der Waals surface area contributed by atoms with Gasteiger partial charge in [0.05, 0.1) is 5.60 Å². The Morgan fingerprint density at radius 3 is 3.18 bits per heavy atom. The molecule has 0 radical (unpaired) electrons. The maximum Gasteiger partial charge on any atom is 0.0783 e. The quantitative estimate of drug-likeness (QED) is 0.783. The first-order chi connectivity index (χ1) is 8.26. The van der Waals surface area contributed by atoms with Crippen molar-refractivity contribution in [1.29, 1.82) is 0 Å². The number of ether oxygens (including phenoxy) is 1. The molecule has 2 aliphatic rings. The van der Waals surface area contributed by atoms with Crippen LogP contribution < -0.4 is 5.73 Å². The van der Waals surface area contributed by atoms with Gasteiger partial charge in [0.2, 0.25) is 0 Å². The van der Waals surface area contributed by atoms with Gasteiger partial charge < -0.3 is 10.5 Å². The lowest BCUT2D eigenvalue weighted by Crippen LogP contribution is -2.46. The second-order valence-electron chi connectivity index (χ2n) is 5.33. The Balaban J connectivity index is 1.79. The van der Waals surface area contributed by atoms with Gasteiger partial charge in [-0.15, -0.1) is 0 Å². The molecule has 3 atom stereocenters. The molecule has 2 nitrogen and oxygen atoms in total. The molecule has 0 bridgehead atoms. The first kappa shape index (κ1) is 14.0. The molecular weight excluding hydrogens is 250 g/mol. The van der Waals surface area contributed by atoms with Gasteiger partial charge in [-0.3, -0.25) is 0 Å². The first-order valence-electron chi connectivity index (χ1n) is 6.81. The lowest BCUT2D eigenvalue weighted by molar-refractivity contribution is -0.0820. The maximum absolute atomic E-state index is 6.36. The van der Waals surface area contributed by atoms with Gasteiger partial charge in [-0.1, -0.05) is 6.92 Å². The molecule has 3 unspecified atom stereocenters. The summed E-state index contributed by atoms with van der Waals surface area (Å²) in [6.07, 6.45) is 4.86. The normalized spacial score (nSPS) is 35.3. The highest BCUT2D eigenvalue weighted by atomic mass is 32.2. The van der Waals surface area contributed by atoms with Gasteiger partial charge in [-0.25, -0.2) is 0 Å². The maximum atomic E-state index is 6.36. The Labute approximate surface area is 114 Å². The molecule has 1 spiro atoms. The zero-order valence-corrected chi connectivity index (χ0v) is 12.5. The fraction of sp³-hybridized carbons (Fsp3) is 1.00. The second kappa shape index (κ2) is 6.69. The highest BCUT2D eigenvalue weighted by Gasteiger charge is 2.41. The Kier molecular flexibility index (Phi) is 5.52. The third-order valence-corrected chi connectivity index (χ3v) is 6.40. The summed E-state index contributed by atoms with van der Waals surface area (Å²) in [5.74, 6) is 5.52. The van der Waals surface area contributed by atoms with Crippen LogP contribution in [0.5, 0.6) is 0 Å². The number of nitrogens with two attached hydrogens (primary N) is 1. The number of rotatable bonds is 5. The summed E-state index contributed by atoms with van der Waals surface area (Å²) < 4.78 is 6.05. The summed E-state index contributed by atoms with van der Waals surface area (Å²) in [5, 5.41) is 0. The summed E-state index contributed by atoms with van der Waals surface area (Å²) in [6.45, 7) is 3.16. The fourth-order valence-electron chi connectivity index (χ4n) is 2.79. The van der Waals surface area contributed by atoms with Crippen molar-refractivity contribution in [3.8, 4) is 0 Å². The predicted molar refractivity (Wildman–Crippen MR) is 78.9 cm³/mol. The zero-order valence-electron chi connectivity index (χ0n) is 10.8. The van der Waals surface area contributed by atoms with Crippen molar-refractivity contribution >= 4 is 23.5 Å². The minimum atomic E-state index is 0.195. The van der Waals surface area contributed by atoms with Crippen molar-refractivity contribution < 1.29 is 4.74 Å². The van der Waals surface area contributed by atoms with Crippen LogP contribution in [0.15, 0.2) is 0 Å². The molecular formula is C13H25NOS2. The Hall–Kier alpha value is 0.620. The third-order valence-electron chi connectivity index (χ3n) is 3.86. The molecule has 0 aromatic carbocycles. The molecule has 0 amide bonds. The van der Waals surface area contributed by atoms with Crippen LogP contribution in [0.1, 0.15) is 32.6 Å². The van der Waals surface area contributed by atoms with E-state index in [2.05, 4.69) is 6.92 Å². The summed E-state index contributed by atoms with van der Waals surface area (Å²) in [6, 6.07) is 0.373. The number of hydrogen-bond acceptors (Lipinski definition) is 4. The van der Waals surface area contributed by atoms with E-state index in [-0.39, 0.29) is 5.60 Å². The standard InChI is InChI=1S/C13H25NOS2/c1-2-6-16-9-12(14)11-3-5-15-13(8-11)4-7-17-10-13/h11-12H,2-10,14H2,1H3. The van der Waals surface area contributed by atoms with E-state index in [9.17, 15) is 0 Å². The fourth-order valence-corrected chi connectivity index (χ4v) is 5.17. The van der Waals surface area contributed by atoms with E-state index in [0.717, 1.165) is 12.4 Å². The zero-order chi connectivity index (χ0) is 12.1. The van der Waals surface area contributed by atoms with Gasteiger partial charge >= 0.3 is 0 Å². The minimum absolute atomic E-state index is 0.195. The van der Waals surface area contributed by atoms with Crippen LogP contribution >= 0.6 is 23.5 Å². The van der Waals surface area contributed by atoms with Crippen LogP contribution in [0.3, 0.4) is 0 Å². The predicted octanol–water partition coefficient (Wildman–Crippen LogP) is 2.76. The highest BCUT2D eigenvalue weighted by Crippen LogP contribution is 2.41. The van der Waals surface area contributed by atoms with Gasteiger partial charge in [0.15, 0.2) is 0 Å². The molecule has 2 fully saturated rings. The molecule has 2 aliphatic heterocycles. The van der Waals surface area contributed by atoms with E-state index in [4.69, 9.17) is 10.5 Å². The lowest BCUT2D eigenvalue weighted by atomic mass is 9.82. The number of hydrogen-bond donors (Lipinski definition) is 1. The van der Waals surface area contributed by atoms with Crippen LogP contribution in [-0.4, -0.2) is 41.3 Å². The molecule has 0 aromatic rings. The van der Waals surface area contributed by atoms with Crippen LogP contribution in [0.25, 0.3) is 0 Å². The highest BCUT2D eigenvalue weighted by molar-refractivity contribution is 7.99. The minimum Gasteiger partial charge on any atom is -0.374 e. The van der Waals surface area contributed by atoms with E-state index in [1.807, 2.05) is 23.5 Å². The van der Waals surface area contributed by atoms with Crippen LogP contribution in [0, 0.1) is 5.92 Å². The van der Waals surface area contributed by atoms with E-state index in [1.165, 1.54) is 42.9 Å². The molecule has 2 N–H and O–H groups in total. The second-order valence-corrected chi connectivity index (χ2v) is 7.58. The summed E-state index contributed by atoms with van der Waals surface area (Å²) in [4.78, 5) is 0. The topological polar surface area (TPSA) is 35.2 Å². The molecule has 0 aliphatic carbocycles. The van der Waals surface area contributed by atoms with Gasteiger partial charge in [0.1, 0.15) is 0 Å². The van der Waals surface area contributed by atoms with Crippen LogP contribution in [-0.2, 0) is 4.74 Å². The van der Waals surface area contributed by atoms with Gasteiger partial charge in [0, 0.05) is 24.2 Å². The molecule has 17 heavy (non-hydrogen) atoms. The SMILES string of the molecule is CCCSCC(N)C1CCOC2(CCSC2)C1. The van der Waals surface area contributed by atoms with Crippen molar-refractivity contribution in [1.82, 2.24) is 0 Å². The summed E-state index contributed by atoms with van der Waals surface area (Å²) in [5.41, 5.74) is 6.55. The van der Waals surface area contributed by atoms with Crippen molar-refractivity contribution in [3.05, 3.63) is 0 Å². The van der Waals surface area contributed by atoms with Crippen molar-refractivity contribution in [3.63, 3.8) is 0 Å². The summed E-state index contributed by atoms with van der Waals surface area (Å²) >= 11 is 4.06. The summed E-state index contributed by atoms with van der Waals surface area (Å²) in [7, 11) is 0. The van der Waals surface area contributed by atoms with Crippen LogP contribution in [0.2, 0.25) is 0 Å². The van der Waals surface area contributed by atoms with E-state index in [0.29, 0.717) is 12.0 Å².